The molecule has 0 saturated carbocycles. The van der Waals surface area contributed by atoms with Gasteiger partial charge in [0.05, 0.1) is 5.56 Å². The fraction of sp³-hybridized carbons (Fsp3) is 0.0833. The van der Waals surface area contributed by atoms with E-state index >= 15 is 0 Å². The molecule has 0 bridgehead atoms. The Labute approximate surface area is 96.6 Å². The quantitative estimate of drug-likeness (QED) is 0.743. The molecule has 0 fully saturated rings. The van der Waals surface area contributed by atoms with Crippen molar-refractivity contribution in [1.29, 1.82) is 5.26 Å². The summed E-state index contributed by atoms with van der Waals surface area (Å²) >= 11 is 0. The van der Waals surface area contributed by atoms with Crippen molar-refractivity contribution in [2.24, 2.45) is 7.05 Å². The van der Waals surface area contributed by atoms with E-state index in [1.807, 2.05) is 6.07 Å². The molecule has 0 N–H and O–H groups in total. The maximum Gasteiger partial charge on any atom is 0.267 e. The SMILES string of the molecule is Cn1nc(-c2ccc(F)cc2)c(C#N)cc1=O. The van der Waals surface area contributed by atoms with Crippen molar-refractivity contribution in [2.75, 3.05) is 0 Å². The second-order valence-electron chi connectivity index (χ2n) is 3.49. The lowest BCUT2D eigenvalue weighted by molar-refractivity contribution is 0.628. The smallest absolute Gasteiger partial charge is 0.267 e. The molecule has 0 aliphatic rings. The maximum absolute atomic E-state index is 12.8. The number of halogens is 1. The van der Waals surface area contributed by atoms with Crippen LogP contribution < -0.4 is 5.56 Å². The maximum atomic E-state index is 12.8. The van der Waals surface area contributed by atoms with Crippen molar-refractivity contribution in [2.45, 2.75) is 0 Å². The van der Waals surface area contributed by atoms with E-state index in [2.05, 4.69) is 5.10 Å². The highest BCUT2D eigenvalue weighted by Crippen LogP contribution is 2.19. The molecule has 0 radical (unpaired) electrons. The lowest BCUT2D eigenvalue weighted by Gasteiger charge is -2.04. The Hall–Kier alpha value is -2.48. The molecule has 0 unspecified atom stereocenters. The third kappa shape index (κ3) is 2.06. The second-order valence-corrected chi connectivity index (χ2v) is 3.49. The minimum atomic E-state index is -0.364. The lowest BCUT2D eigenvalue weighted by atomic mass is 10.1. The van der Waals surface area contributed by atoms with Crippen LogP contribution in [-0.4, -0.2) is 9.78 Å². The van der Waals surface area contributed by atoms with E-state index in [-0.39, 0.29) is 16.9 Å². The van der Waals surface area contributed by atoms with E-state index in [1.165, 1.54) is 37.4 Å². The Bertz CT molecular complexity index is 653. The van der Waals surface area contributed by atoms with Gasteiger partial charge in [-0.3, -0.25) is 4.79 Å². The third-order valence-electron chi connectivity index (χ3n) is 2.33. The summed E-state index contributed by atoms with van der Waals surface area (Å²) in [6.07, 6.45) is 0. The van der Waals surface area contributed by atoms with Crippen LogP contribution in [-0.2, 0) is 7.05 Å². The minimum Gasteiger partial charge on any atom is -0.268 e. The Kier molecular flexibility index (Phi) is 2.71. The molecule has 84 valence electrons. The first-order valence-electron chi connectivity index (χ1n) is 4.86. The molecule has 0 atom stereocenters. The van der Waals surface area contributed by atoms with Gasteiger partial charge in [-0.25, -0.2) is 9.07 Å². The first kappa shape index (κ1) is 11.0. The second kappa shape index (κ2) is 4.18. The van der Waals surface area contributed by atoms with E-state index in [9.17, 15) is 9.18 Å². The van der Waals surface area contributed by atoms with Gasteiger partial charge in [-0.2, -0.15) is 10.4 Å². The van der Waals surface area contributed by atoms with Gasteiger partial charge in [-0.1, -0.05) is 0 Å². The molecule has 1 aromatic heterocycles. The molecular weight excluding hydrogens is 221 g/mol. The van der Waals surface area contributed by atoms with E-state index < -0.39 is 0 Å². The molecule has 2 rings (SSSR count). The number of rotatable bonds is 1. The number of aromatic nitrogens is 2. The largest absolute Gasteiger partial charge is 0.268 e. The topological polar surface area (TPSA) is 58.7 Å². The van der Waals surface area contributed by atoms with Crippen LogP contribution in [0.25, 0.3) is 11.3 Å². The van der Waals surface area contributed by atoms with Crippen LogP contribution in [0.2, 0.25) is 0 Å². The Morgan fingerprint density at radius 1 is 1.35 bits per heavy atom. The van der Waals surface area contributed by atoms with Gasteiger partial charge < -0.3 is 0 Å². The summed E-state index contributed by atoms with van der Waals surface area (Å²) < 4.78 is 13.9. The highest BCUT2D eigenvalue weighted by Gasteiger charge is 2.09. The van der Waals surface area contributed by atoms with Crippen LogP contribution in [0.5, 0.6) is 0 Å². The Morgan fingerprint density at radius 2 is 2.00 bits per heavy atom. The number of nitrogens with zero attached hydrogens (tertiary/aromatic N) is 3. The van der Waals surface area contributed by atoms with Crippen LogP contribution in [0, 0.1) is 17.1 Å². The van der Waals surface area contributed by atoms with Crippen LogP contribution in [0.15, 0.2) is 35.1 Å². The molecular formula is C12H8FN3O. The van der Waals surface area contributed by atoms with Gasteiger partial charge in [0, 0.05) is 18.7 Å². The molecule has 1 aromatic carbocycles. The van der Waals surface area contributed by atoms with Crippen molar-refractivity contribution in [1.82, 2.24) is 9.78 Å². The first-order chi connectivity index (χ1) is 8.11. The number of aryl methyl sites for hydroxylation is 1. The van der Waals surface area contributed by atoms with Crippen molar-refractivity contribution >= 4 is 0 Å². The zero-order valence-electron chi connectivity index (χ0n) is 9.01. The predicted molar refractivity (Wildman–Crippen MR) is 59.6 cm³/mol. The molecule has 5 heteroatoms. The molecule has 1 heterocycles. The highest BCUT2D eigenvalue weighted by atomic mass is 19.1. The zero-order valence-corrected chi connectivity index (χ0v) is 9.01. The summed E-state index contributed by atoms with van der Waals surface area (Å²) in [7, 11) is 1.50. The van der Waals surface area contributed by atoms with Gasteiger partial charge in [0.1, 0.15) is 17.6 Å². The first-order valence-corrected chi connectivity index (χ1v) is 4.86. The average molecular weight is 229 g/mol. The standard InChI is InChI=1S/C12H8FN3O/c1-16-11(17)6-9(7-14)12(15-16)8-2-4-10(13)5-3-8/h2-6H,1H3. The summed E-state index contributed by atoms with van der Waals surface area (Å²) in [6.45, 7) is 0. The minimum absolute atomic E-state index is 0.180. The lowest BCUT2D eigenvalue weighted by Crippen LogP contribution is -2.20. The Morgan fingerprint density at radius 3 is 2.59 bits per heavy atom. The summed E-state index contributed by atoms with van der Waals surface area (Å²) in [4.78, 5) is 11.3. The van der Waals surface area contributed by atoms with Gasteiger partial charge in [0.2, 0.25) is 0 Å². The average Bonchev–Trinajstić information content (AvgIpc) is 2.33. The molecule has 2 aromatic rings. The van der Waals surface area contributed by atoms with Gasteiger partial charge in [-0.15, -0.1) is 0 Å². The van der Waals surface area contributed by atoms with Crippen molar-refractivity contribution in [3.05, 3.63) is 52.1 Å². The predicted octanol–water partition coefficient (Wildman–Crippen LogP) is 1.46. The summed E-state index contributed by atoms with van der Waals surface area (Å²) in [5, 5.41) is 12.9. The zero-order chi connectivity index (χ0) is 12.4. The van der Waals surface area contributed by atoms with Crippen molar-refractivity contribution < 1.29 is 4.39 Å². The summed E-state index contributed by atoms with van der Waals surface area (Å²) in [5.41, 5.74) is 0.792. The van der Waals surface area contributed by atoms with Gasteiger partial charge in [0.25, 0.3) is 5.56 Å². The van der Waals surface area contributed by atoms with Gasteiger partial charge >= 0.3 is 0 Å². The highest BCUT2D eigenvalue weighted by molar-refractivity contribution is 5.65. The van der Waals surface area contributed by atoms with E-state index in [0.29, 0.717) is 11.3 Å². The normalized spacial score (nSPS) is 9.94. The van der Waals surface area contributed by atoms with Gasteiger partial charge in [0.15, 0.2) is 0 Å². The van der Waals surface area contributed by atoms with E-state index in [0.717, 1.165) is 4.68 Å². The Balaban J connectivity index is 2.67. The van der Waals surface area contributed by atoms with Crippen molar-refractivity contribution in [3.8, 4) is 17.3 Å². The number of hydrogen-bond donors (Lipinski definition) is 0. The van der Waals surface area contributed by atoms with Crippen LogP contribution in [0.1, 0.15) is 5.56 Å². The molecule has 0 aliphatic carbocycles. The number of benzene rings is 1. The van der Waals surface area contributed by atoms with Crippen LogP contribution >= 0.6 is 0 Å². The third-order valence-corrected chi connectivity index (χ3v) is 2.33. The summed E-state index contributed by atoms with van der Waals surface area (Å²) in [6, 6.07) is 8.72. The molecule has 0 spiro atoms. The monoisotopic (exact) mass is 229 g/mol. The molecule has 4 nitrogen and oxygen atoms in total. The molecule has 17 heavy (non-hydrogen) atoms. The molecule has 0 saturated heterocycles. The summed E-state index contributed by atoms with van der Waals surface area (Å²) in [5.74, 6) is -0.364. The number of nitriles is 1. The van der Waals surface area contributed by atoms with E-state index in [1.54, 1.807) is 0 Å². The van der Waals surface area contributed by atoms with Crippen molar-refractivity contribution in [3.63, 3.8) is 0 Å². The fourth-order valence-electron chi connectivity index (χ4n) is 1.44. The van der Waals surface area contributed by atoms with E-state index in [4.69, 9.17) is 5.26 Å². The van der Waals surface area contributed by atoms with Crippen LogP contribution in [0.4, 0.5) is 4.39 Å². The molecule has 0 amide bonds. The fourth-order valence-corrected chi connectivity index (χ4v) is 1.44. The number of hydrogen-bond acceptors (Lipinski definition) is 3. The van der Waals surface area contributed by atoms with Gasteiger partial charge in [-0.05, 0) is 24.3 Å². The molecule has 0 aliphatic heterocycles. The van der Waals surface area contributed by atoms with Crippen LogP contribution in [0.3, 0.4) is 0 Å².